The van der Waals surface area contributed by atoms with Crippen LogP contribution in [0.15, 0.2) is 22.6 Å². The molecule has 2 N–H and O–H groups in total. The third kappa shape index (κ3) is 2.96. The summed E-state index contributed by atoms with van der Waals surface area (Å²) in [5.74, 6) is 1.38. The Balaban J connectivity index is 1.68. The van der Waals surface area contributed by atoms with Crippen molar-refractivity contribution >= 4 is 27.6 Å². The number of aromatic nitrogens is 1. The second-order valence-corrected chi connectivity index (χ2v) is 6.22. The SMILES string of the molecule is Nc1ccc2oc(CS(=O)CC3CCCO3)nc2c1. The van der Waals surface area contributed by atoms with Gasteiger partial charge in [0.25, 0.3) is 0 Å². The third-order valence-corrected chi connectivity index (χ3v) is 4.45. The molecule has 1 aromatic carbocycles. The number of anilines is 1. The molecule has 1 aromatic heterocycles. The van der Waals surface area contributed by atoms with Gasteiger partial charge in [-0.15, -0.1) is 0 Å². The Bertz CT molecular complexity index is 605. The summed E-state index contributed by atoms with van der Waals surface area (Å²) in [5.41, 5.74) is 7.72. The molecular weight excluding hydrogens is 264 g/mol. The highest BCUT2D eigenvalue weighted by molar-refractivity contribution is 7.84. The van der Waals surface area contributed by atoms with Crippen molar-refractivity contribution in [3.63, 3.8) is 0 Å². The molecule has 0 radical (unpaired) electrons. The largest absolute Gasteiger partial charge is 0.440 e. The molecule has 3 rings (SSSR count). The van der Waals surface area contributed by atoms with Crippen LogP contribution in [-0.4, -0.2) is 27.7 Å². The number of nitrogen functional groups attached to an aromatic ring is 1. The van der Waals surface area contributed by atoms with Gasteiger partial charge in [-0.2, -0.15) is 0 Å². The summed E-state index contributed by atoms with van der Waals surface area (Å²) in [6, 6.07) is 5.30. The van der Waals surface area contributed by atoms with Gasteiger partial charge in [0.2, 0.25) is 5.89 Å². The summed E-state index contributed by atoms with van der Waals surface area (Å²) in [6.07, 6.45) is 2.18. The van der Waals surface area contributed by atoms with Crippen molar-refractivity contribution in [3.05, 3.63) is 24.1 Å². The van der Waals surface area contributed by atoms with Gasteiger partial charge >= 0.3 is 0 Å². The molecule has 2 aromatic rings. The van der Waals surface area contributed by atoms with E-state index in [1.54, 1.807) is 18.2 Å². The van der Waals surface area contributed by atoms with Crippen LogP contribution in [-0.2, 0) is 21.3 Å². The standard InChI is InChI=1S/C13H16N2O3S/c14-9-3-4-12-11(6-9)15-13(18-12)8-19(16)7-10-2-1-5-17-10/h3-4,6,10H,1-2,5,7-8,14H2. The summed E-state index contributed by atoms with van der Waals surface area (Å²) in [5, 5.41) is 0. The maximum absolute atomic E-state index is 12.0. The summed E-state index contributed by atoms with van der Waals surface area (Å²) in [6.45, 7) is 0.782. The second-order valence-electron chi connectivity index (χ2n) is 4.72. The highest BCUT2D eigenvalue weighted by Crippen LogP contribution is 2.20. The molecule has 19 heavy (non-hydrogen) atoms. The molecule has 2 atom stereocenters. The molecule has 0 saturated carbocycles. The number of hydrogen-bond acceptors (Lipinski definition) is 5. The van der Waals surface area contributed by atoms with Gasteiger partial charge in [-0.1, -0.05) is 0 Å². The fourth-order valence-corrected chi connectivity index (χ4v) is 3.43. The minimum absolute atomic E-state index is 0.126. The van der Waals surface area contributed by atoms with Crippen LogP contribution < -0.4 is 5.73 Å². The van der Waals surface area contributed by atoms with Crippen LogP contribution >= 0.6 is 0 Å². The van der Waals surface area contributed by atoms with E-state index >= 15 is 0 Å². The van der Waals surface area contributed by atoms with E-state index in [1.165, 1.54) is 0 Å². The van der Waals surface area contributed by atoms with E-state index in [1.807, 2.05) is 0 Å². The van der Waals surface area contributed by atoms with Crippen molar-refractivity contribution < 1.29 is 13.4 Å². The van der Waals surface area contributed by atoms with Crippen molar-refractivity contribution in [1.29, 1.82) is 0 Å². The topological polar surface area (TPSA) is 78.3 Å². The maximum Gasteiger partial charge on any atom is 0.208 e. The minimum Gasteiger partial charge on any atom is -0.440 e. The van der Waals surface area contributed by atoms with Gasteiger partial charge in [0.05, 0.1) is 11.9 Å². The lowest BCUT2D eigenvalue weighted by atomic mass is 10.3. The molecule has 5 nitrogen and oxygen atoms in total. The Labute approximate surface area is 113 Å². The normalized spacial score (nSPS) is 20.9. The van der Waals surface area contributed by atoms with E-state index in [9.17, 15) is 4.21 Å². The zero-order valence-electron chi connectivity index (χ0n) is 10.5. The van der Waals surface area contributed by atoms with Crippen molar-refractivity contribution in [3.8, 4) is 0 Å². The van der Waals surface area contributed by atoms with Crippen molar-refractivity contribution in [1.82, 2.24) is 4.98 Å². The van der Waals surface area contributed by atoms with Crippen LogP contribution in [0.1, 0.15) is 18.7 Å². The zero-order chi connectivity index (χ0) is 13.2. The van der Waals surface area contributed by atoms with Gasteiger partial charge in [-0.05, 0) is 31.0 Å². The number of rotatable bonds is 4. The molecule has 0 amide bonds. The average Bonchev–Trinajstić information content (AvgIpc) is 2.97. The first-order chi connectivity index (χ1) is 9.20. The van der Waals surface area contributed by atoms with E-state index in [-0.39, 0.29) is 6.10 Å². The minimum atomic E-state index is -1.01. The monoisotopic (exact) mass is 280 g/mol. The third-order valence-electron chi connectivity index (χ3n) is 3.14. The lowest BCUT2D eigenvalue weighted by Crippen LogP contribution is -2.16. The molecule has 2 heterocycles. The number of fused-ring (bicyclic) bond motifs is 1. The lowest BCUT2D eigenvalue weighted by Gasteiger charge is -2.07. The molecule has 1 aliphatic rings. The van der Waals surface area contributed by atoms with Crippen molar-refractivity contribution in [2.75, 3.05) is 18.1 Å². The van der Waals surface area contributed by atoms with E-state index in [0.717, 1.165) is 19.4 Å². The van der Waals surface area contributed by atoms with Crippen LogP contribution in [0.25, 0.3) is 11.1 Å². The van der Waals surface area contributed by atoms with Crippen LogP contribution in [0.4, 0.5) is 5.69 Å². The second kappa shape index (κ2) is 5.30. The predicted octanol–water partition coefficient (Wildman–Crippen LogP) is 1.84. The number of ether oxygens (including phenoxy) is 1. The van der Waals surface area contributed by atoms with Gasteiger partial charge in [0.15, 0.2) is 5.58 Å². The highest BCUT2D eigenvalue weighted by atomic mass is 32.2. The summed E-state index contributed by atoms with van der Waals surface area (Å²) >= 11 is 0. The Morgan fingerprint density at radius 3 is 3.16 bits per heavy atom. The van der Waals surface area contributed by atoms with Crippen LogP contribution in [0.3, 0.4) is 0 Å². The van der Waals surface area contributed by atoms with E-state index in [2.05, 4.69) is 4.98 Å². The molecule has 1 fully saturated rings. The fraction of sp³-hybridized carbons (Fsp3) is 0.462. The molecule has 0 bridgehead atoms. The molecule has 6 heteroatoms. The molecule has 1 saturated heterocycles. The molecular formula is C13H16N2O3S. The molecule has 0 spiro atoms. The zero-order valence-corrected chi connectivity index (χ0v) is 11.3. The van der Waals surface area contributed by atoms with Gasteiger partial charge in [-0.25, -0.2) is 4.98 Å². The van der Waals surface area contributed by atoms with E-state index in [4.69, 9.17) is 14.9 Å². The van der Waals surface area contributed by atoms with Gasteiger partial charge in [0.1, 0.15) is 11.3 Å². The van der Waals surface area contributed by atoms with Gasteiger partial charge in [-0.3, -0.25) is 4.21 Å². The number of nitrogens with two attached hydrogens (primary N) is 1. The Kier molecular flexibility index (Phi) is 3.52. The van der Waals surface area contributed by atoms with E-state index in [0.29, 0.717) is 34.2 Å². The first kappa shape index (κ1) is 12.6. The number of oxazole rings is 1. The quantitative estimate of drug-likeness (QED) is 0.864. The highest BCUT2D eigenvalue weighted by Gasteiger charge is 2.19. The smallest absolute Gasteiger partial charge is 0.208 e. The van der Waals surface area contributed by atoms with E-state index < -0.39 is 10.8 Å². The average molecular weight is 280 g/mol. The lowest BCUT2D eigenvalue weighted by molar-refractivity contribution is 0.128. The Morgan fingerprint density at radius 1 is 1.47 bits per heavy atom. The van der Waals surface area contributed by atoms with Crippen LogP contribution in [0.5, 0.6) is 0 Å². The predicted molar refractivity (Wildman–Crippen MR) is 74.1 cm³/mol. The van der Waals surface area contributed by atoms with Crippen LogP contribution in [0.2, 0.25) is 0 Å². The Hall–Kier alpha value is -1.40. The molecule has 102 valence electrons. The molecule has 0 aliphatic carbocycles. The number of benzene rings is 1. The van der Waals surface area contributed by atoms with Crippen LogP contribution in [0, 0.1) is 0 Å². The first-order valence-corrected chi connectivity index (χ1v) is 7.81. The van der Waals surface area contributed by atoms with Crippen molar-refractivity contribution in [2.24, 2.45) is 0 Å². The number of nitrogens with zero attached hydrogens (tertiary/aromatic N) is 1. The van der Waals surface area contributed by atoms with Crippen molar-refractivity contribution in [2.45, 2.75) is 24.7 Å². The summed E-state index contributed by atoms with van der Waals surface area (Å²) in [7, 11) is -1.01. The Morgan fingerprint density at radius 2 is 2.37 bits per heavy atom. The molecule has 2 unspecified atom stereocenters. The maximum atomic E-state index is 12.0. The first-order valence-electron chi connectivity index (χ1n) is 6.32. The van der Waals surface area contributed by atoms with Gasteiger partial charge in [0, 0.05) is 23.1 Å². The fourth-order valence-electron chi connectivity index (χ4n) is 2.23. The summed E-state index contributed by atoms with van der Waals surface area (Å²) < 4.78 is 23.1. The van der Waals surface area contributed by atoms with Gasteiger partial charge < -0.3 is 14.9 Å². The number of hydrogen-bond donors (Lipinski definition) is 1. The summed E-state index contributed by atoms with van der Waals surface area (Å²) in [4.78, 5) is 4.31. The molecule has 1 aliphatic heterocycles.